The molecule has 6 nitrogen and oxygen atoms in total. The first kappa shape index (κ1) is 22.5. The molecule has 1 spiro atoms. The molecule has 6 fully saturated rings. The van der Waals surface area contributed by atoms with Crippen molar-refractivity contribution in [1.82, 2.24) is 4.90 Å². The van der Waals surface area contributed by atoms with Gasteiger partial charge in [0, 0.05) is 13.0 Å². The number of rotatable bonds is 6. The van der Waals surface area contributed by atoms with E-state index in [-0.39, 0.29) is 17.8 Å². The molecule has 1 aliphatic carbocycles. The minimum absolute atomic E-state index is 0.0120. The third-order valence-electron chi connectivity index (χ3n) is 9.38. The van der Waals surface area contributed by atoms with Gasteiger partial charge < -0.3 is 19.5 Å². The molecule has 6 aliphatic rings. The Kier molecular flexibility index (Phi) is 6.68. The molecule has 6 heteroatoms. The van der Waals surface area contributed by atoms with E-state index in [1.54, 1.807) is 0 Å². The molecule has 1 saturated carbocycles. The van der Waals surface area contributed by atoms with Crippen LogP contribution in [-0.2, 0) is 19.2 Å². The van der Waals surface area contributed by atoms with Crippen molar-refractivity contribution in [3.63, 3.8) is 0 Å². The molecule has 178 valence electrons. The van der Waals surface area contributed by atoms with E-state index in [4.69, 9.17) is 19.2 Å². The van der Waals surface area contributed by atoms with Crippen molar-refractivity contribution in [2.45, 2.75) is 102 Å². The second kappa shape index (κ2) is 9.19. The molecule has 0 radical (unpaired) electrons. The van der Waals surface area contributed by atoms with Gasteiger partial charge in [0.2, 0.25) is 0 Å². The van der Waals surface area contributed by atoms with Gasteiger partial charge in [-0.3, -0.25) is 0 Å². The van der Waals surface area contributed by atoms with Crippen LogP contribution in [0.15, 0.2) is 0 Å². The lowest BCUT2D eigenvalue weighted by molar-refractivity contribution is -0.532. The minimum atomic E-state index is -0.619. The molecule has 7 unspecified atom stereocenters. The van der Waals surface area contributed by atoms with E-state index in [1.807, 2.05) is 6.92 Å². The maximum Gasteiger partial charge on any atom is 0.199 e. The minimum Gasteiger partial charge on any atom is -0.396 e. The first-order valence-corrected chi connectivity index (χ1v) is 13.0. The van der Waals surface area contributed by atoms with Gasteiger partial charge in [0.15, 0.2) is 5.79 Å². The summed E-state index contributed by atoms with van der Waals surface area (Å²) < 4.78 is 13.1. The Morgan fingerprint density at radius 2 is 1.87 bits per heavy atom. The summed E-state index contributed by atoms with van der Waals surface area (Å²) in [4.78, 5) is 14.9. The molecule has 1 N–H and O–H groups in total. The summed E-state index contributed by atoms with van der Waals surface area (Å²) in [5.74, 6) is 1.52. The Morgan fingerprint density at radius 1 is 1.03 bits per heavy atom. The maximum absolute atomic E-state index is 9.17. The van der Waals surface area contributed by atoms with Gasteiger partial charge in [-0.15, -0.1) is 0 Å². The summed E-state index contributed by atoms with van der Waals surface area (Å²) >= 11 is 0. The van der Waals surface area contributed by atoms with Crippen molar-refractivity contribution >= 4 is 0 Å². The molecule has 5 aliphatic heterocycles. The van der Waals surface area contributed by atoms with Crippen LogP contribution in [0, 0.1) is 23.7 Å². The van der Waals surface area contributed by atoms with Crippen molar-refractivity contribution in [3.8, 4) is 0 Å². The fourth-order valence-electron chi connectivity index (χ4n) is 7.51. The number of piperidine rings is 1. The van der Waals surface area contributed by atoms with Crippen molar-refractivity contribution in [2.75, 3.05) is 32.8 Å². The second-order valence-corrected chi connectivity index (χ2v) is 11.2. The van der Waals surface area contributed by atoms with Gasteiger partial charge in [-0.25, -0.2) is 9.78 Å². The van der Waals surface area contributed by atoms with Crippen molar-refractivity contribution in [2.24, 2.45) is 23.7 Å². The Labute approximate surface area is 187 Å². The van der Waals surface area contributed by atoms with Gasteiger partial charge in [-0.05, 0) is 102 Å². The largest absolute Gasteiger partial charge is 0.396 e. The molecular weight excluding hydrogens is 394 g/mol. The Balaban J connectivity index is 1.21. The van der Waals surface area contributed by atoms with Crippen molar-refractivity contribution < 1.29 is 24.4 Å². The standard InChI is InChI=1S/C25H43NO5/c1-18-21-6-3-5-20-8-12-24(2)29-23(25(20,21)31-30-24)17-28-22(18)7-4-13-26-14-9-19(10-15-26)11-16-27/h18-23,27H,3-17H2,1-2H3. The fourth-order valence-corrected chi connectivity index (χ4v) is 7.51. The number of nitrogens with zero attached hydrogens (tertiary/aromatic N) is 1. The van der Waals surface area contributed by atoms with Crippen LogP contribution >= 0.6 is 0 Å². The molecule has 7 atom stereocenters. The predicted octanol–water partition coefficient (Wildman–Crippen LogP) is 3.91. The monoisotopic (exact) mass is 437 g/mol. The summed E-state index contributed by atoms with van der Waals surface area (Å²) in [5.41, 5.74) is -0.322. The summed E-state index contributed by atoms with van der Waals surface area (Å²) in [5, 5.41) is 9.17. The second-order valence-electron chi connectivity index (χ2n) is 11.2. The molecular formula is C25H43NO5. The number of fused-ring (bicyclic) bond motifs is 2. The third-order valence-corrected chi connectivity index (χ3v) is 9.38. The number of likely N-dealkylation sites (tertiary alicyclic amines) is 1. The predicted molar refractivity (Wildman–Crippen MR) is 117 cm³/mol. The van der Waals surface area contributed by atoms with Gasteiger partial charge in [0.25, 0.3) is 0 Å². The molecule has 2 bridgehead atoms. The molecule has 0 aromatic rings. The van der Waals surface area contributed by atoms with E-state index in [9.17, 15) is 5.11 Å². The lowest BCUT2D eigenvalue weighted by Crippen LogP contribution is -2.64. The highest BCUT2D eigenvalue weighted by atomic mass is 17.3. The van der Waals surface area contributed by atoms with Gasteiger partial charge in [0.05, 0.1) is 12.7 Å². The number of aliphatic hydroxyl groups excluding tert-OH is 1. The number of hydrogen-bond acceptors (Lipinski definition) is 6. The van der Waals surface area contributed by atoms with E-state index in [0.717, 1.165) is 38.1 Å². The third kappa shape index (κ3) is 4.22. The molecule has 0 aromatic carbocycles. The van der Waals surface area contributed by atoms with Gasteiger partial charge in [-0.1, -0.05) is 13.3 Å². The summed E-state index contributed by atoms with van der Waals surface area (Å²) in [7, 11) is 0. The molecule has 5 heterocycles. The highest BCUT2D eigenvalue weighted by molar-refractivity contribution is 5.09. The van der Waals surface area contributed by atoms with Gasteiger partial charge in [-0.2, -0.15) is 0 Å². The van der Waals surface area contributed by atoms with E-state index < -0.39 is 5.79 Å². The van der Waals surface area contributed by atoms with E-state index in [0.29, 0.717) is 31.0 Å². The quantitative estimate of drug-likeness (QED) is 0.636. The molecule has 0 amide bonds. The smallest absolute Gasteiger partial charge is 0.199 e. The highest BCUT2D eigenvalue weighted by Crippen LogP contribution is 2.57. The van der Waals surface area contributed by atoms with Gasteiger partial charge >= 0.3 is 0 Å². The first-order chi connectivity index (χ1) is 15.0. The van der Waals surface area contributed by atoms with Gasteiger partial charge in [0.1, 0.15) is 11.7 Å². The van der Waals surface area contributed by atoms with Crippen molar-refractivity contribution in [1.29, 1.82) is 0 Å². The lowest BCUT2D eigenvalue weighted by atomic mass is 9.60. The van der Waals surface area contributed by atoms with Crippen LogP contribution < -0.4 is 0 Å². The Morgan fingerprint density at radius 3 is 2.68 bits per heavy atom. The molecule has 6 rings (SSSR count). The topological polar surface area (TPSA) is 60.4 Å². The van der Waals surface area contributed by atoms with Crippen LogP contribution in [0.25, 0.3) is 0 Å². The maximum atomic E-state index is 9.17. The summed E-state index contributed by atoms with van der Waals surface area (Å²) in [6.07, 6.45) is 11.7. The molecule has 31 heavy (non-hydrogen) atoms. The SMILES string of the molecule is CC1C(CCCN2CCC(CCO)CC2)OCC2OC3(C)CCC4CCCC1C42OO3. The van der Waals surface area contributed by atoms with Crippen LogP contribution in [0.2, 0.25) is 0 Å². The fraction of sp³-hybridized carbons (Fsp3) is 1.00. The average molecular weight is 438 g/mol. The Hall–Kier alpha value is -0.240. The van der Waals surface area contributed by atoms with Crippen LogP contribution in [0.3, 0.4) is 0 Å². The first-order valence-electron chi connectivity index (χ1n) is 13.0. The summed E-state index contributed by atoms with van der Waals surface area (Å²) in [6, 6.07) is 0. The molecule has 0 aromatic heterocycles. The van der Waals surface area contributed by atoms with Crippen LogP contribution in [0.1, 0.15) is 78.1 Å². The zero-order chi connectivity index (χ0) is 21.5. The molecule has 5 saturated heterocycles. The van der Waals surface area contributed by atoms with Crippen LogP contribution in [-0.4, -0.2) is 66.5 Å². The summed E-state index contributed by atoms with van der Waals surface area (Å²) in [6.45, 7) is 8.91. The zero-order valence-electron chi connectivity index (χ0n) is 19.6. The average Bonchev–Trinajstić information content (AvgIpc) is 3.06. The van der Waals surface area contributed by atoms with Crippen LogP contribution in [0.5, 0.6) is 0 Å². The highest BCUT2D eigenvalue weighted by Gasteiger charge is 2.65. The number of hydrogen-bond donors (Lipinski definition) is 1. The number of ether oxygens (including phenoxy) is 2. The van der Waals surface area contributed by atoms with E-state index in [2.05, 4.69) is 11.8 Å². The zero-order valence-corrected chi connectivity index (χ0v) is 19.6. The van der Waals surface area contributed by atoms with E-state index >= 15 is 0 Å². The Bertz CT molecular complexity index is 611. The lowest BCUT2D eigenvalue weighted by Gasteiger charge is -2.54. The number of aliphatic hydroxyl groups is 1. The van der Waals surface area contributed by atoms with Crippen LogP contribution in [0.4, 0.5) is 0 Å². The normalized spacial score (nSPS) is 46.4. The van der Waals surface area contributed by atoms with E-state index in [1.165, 1.54) is 51.6 Å². The van der Waals surface area contributed by atoms with Crippen molar-refractivity contribution in [3.05, 3.63) is 0 Å².